The van der Waals surface area contributed by atoms with E-state index in [1.165, 1.54) is 0 Å². The summed E-state index contributed by atoms with van der Waals surface area (Å²) in [5.74, 6) is 0.658. The van der Waals surface area contributed by atoms with Gasteiger partial charge in [0.05, 0.1) is 0 Å². The third-order valence-corrected chi connectivity index (χ3v) is 7.70. The molecule has 5 aromatic carbocycles. The van der Waals surface area contributed by atoms with E-state index in [1.54, 1.807) is 18.5 Å². The molecule has 0 atom stereocenters. The fourth-order valence-electron chi connectivity index (χ4n) is 5.70. The van der Waals surface area contributed by atoms with E-state index in [0.29, 0.717) is 18.4 Å². The molecule has 0 saturated carbocycles. The molecule has 2 heterocycles. The second kappa shape index (κ2) is 12.1. The summed E-state index contributed by atoms with van der Waals surface area (Å²) in [4.78, 5) is 8.28. The van der Waals surface area contributed by atoms with Crippen LogP contribution < -0.4 is 4.74 Å². The zero-order chi connectivity index (χ0) is 29.6. The van der Waals surface area contributed by atoms with Crippen LogP contribution in [0.4, 0.5) is 0 Å². The van der Waals surface area contributed by atoms with E-state index in [4.69, 9.17) is 9.95 Å². The predicted molar refractivity (Wildman–Crippen MR) is 170 cm³/mol. The number of hydrogen-bond acceptors (Lipinski definition) is 6. The molecule has 0 bridgehead atoms. The van der Waals surface area contributed by atoms with Gasteiger partial charge in [-0.15, -0.1) is 5.10 Å². The first kappa shape index (κ1) is 26.9. The molecule has 0 fully saturated rings. The molecule has 0 N–H and O–H groups in total. The van der Waals surface area contributed by atoms with Crippen LogP contribution in [0.5, 0.6) is 6.01 Å². The van der Waals surface area contributed by atoms with E-state index in [1.807, 2.05) is 35.0 Å². The van der Waals surface area contributed by atoms with Crippen LogP contribution in [-0.4, -0.2) is 30.2 Å². The summed E-state index contributed by atoms with van der Waals surface area (Å²) in [6.07, 6.45) is 3.33. The van der Waals surface area contributed by atoms with Crippen molar-refractivity contribution in [1.82, 2.24) is 30.2 Å². The fourth-order valence-corrected chi connectivity index (χ4v) is 5.70. The zero-order valence-electron chi connectivity index (χ0n) is 23.8. The molecule has 212 valence electrons. The largest absolute Gasteiger partial charge is 0.459 e. The first-order valence-electron chi connectivity index (χ1n) is 14.4. The molecule has 2 aromatic heterocycles. The molecule has 7 nitrogen and oxygen atoms in total. The van der Waals surface area contributed by atoms with Crippen LogP contribution >= 0.6 is 0 Å². The summed E-state index contributed by atoms with van der Waals surface area (Å²) >= 11 is 0. The van der Waals surface area contributed by atoms with Crippen molar-refractivity contribution in [3.8, 4) is 28.5 Å². The van der Waals surface area contributed by atoms with Crippen LogP contribution in [0.1, 0.15) is 22.3 Å². The smallest absolute Gasteiger partial charge is 0.316 e. The molecule has 0 saturated heterocycles. The van der Waals surface area contributed by atoms with E-state index in [-0.39, 0.29) is 0 Å². The van der Waals surface area contributed by atoms with Gasteiger partial charge in [0, 0.05) is 18.0 Å². The lowest BCUT2D eigenvalue weighted by molar-refractivity contribution is 0.280. The van der Waals surface area contributed by atoms with E-state index in [2.05, 4.69) is 129 Å². The normalized spacial score (nSPS) is 11.3. The summed E-state index contributed by atoms with van der Waals surface area (Å²) in [7, 11) is 0. The lowest BCUT2D eigenvalue weighted by Crippen LogP contribution is -2.39. The van der Waals surface area contributed by atoms with Crippen LogP contribution in [0.2, 0.25) is 0 Å². The Morgan fingerprint density at radius 2 is 1.07 bits per heavy atom. The molecule has 0 spiro atoms. The van der Waals surface area contributed by atoms with Crippen molar-refractivity contribution in [2.45, 2.75) is 12.1 Å². The van der Waals surface area contributed by atoms with Gasteiger partial charge in [0.1, 0.15) is 12.1 Å². The van der Waals surface area contributed by atoms with Crippen LogP contribution in [0.3, 0.4) is 0 Å². The minimum atomic E-state index is -0.837. The second-order valence-electron chi connectivity index (χ2n) is 10.3. The molecule has 7 rings (SSSR count). The van der Waals surface area contributed by atoms with Crippen molar-refractivity contribution in [3.05, 3.63) is 180 Å². The van der Waals surface area contributed by atoms with Gasteiger partial charge in [-0.25, -0.2) is 14.6 Å². The van der Waals surface area contributed by atoms with Gasteiger partial charge >= 0.3 is 6.01 Å². The van der Waals surface area contributed by atoms with E-state index in [0.717, 1.165) is 38.9 Å². The van der Waals surface area contributed by atoms with Crippen LogP contribution in [-0.2, 0) is 12.1 Å². The number of benzene rings is 5. The lowest BCUT2D eigenvalue weighted by Gasteiger charge is -2.36. The van der Waals surface area contributed by atoms with E-state index in [9.17, 15) is 0 Å². The third kappa shape index (κ3) is 5.01. The van der Waals surface area contributed by atoms with Gasteiger partial charge in [0.2, 0.25) is 0 Å². The highest BCUT2D eigenvalue weighted by atomic mass is 16.5. The standard InChI is InChI=1S/C37H28N6O/c1-4-13-30(14-5-1)37(31-15-6-2-7-16-31,32-17-8-3-9-18-32)43-35(40-41-42-43)34-20-11-10-19-33(34)29-23-21-28(22-24-29)27-44-36-38-25-12-26-39-36/h1-26H,27H2. The Bertz CT molecular complexity index is 1850. The molecule has 7 aromatic rings. The van der Waals surface area contributed by atoms with Crippen LogP contribution in [0.15, 0.2) is 158 Å². The van der Waals surface area contributed by atoms with E-state index >= 15 is 0 Å². The van der Waals surface area contributed by atoms with Crippen molar-refractivity contribution in [3.63, 3.8) is 0 Å². The molecule has 0 amide bonds. The Morgan fingerprint density at radius 3 is 1.64 bits per heavy atom. The maximum Gasteiger partial charge on any atom is 0.316 e. The minimum Gasteiger partial charge on any atom is -0.459 e. The average Bonchev–Trinajstić information content (AvgIpc) is 3.60. The van der Waals surface area contributed by atoms with E-state index < -0.39 is 5.54 Å². The molecular weight excluding hydrogens is 544 g/mol. The molecule has 0 aliphatic rings. The summed E-state index contributed by atoms with van der Waals surface area (Å²) < 4.78 is 7.71. The summed E-state index contributed by atoms with van der Waals surface area (Å²) in [6.45, 7) is 0.373. The second-order valence-corrected chi connectivity index (χ2v) is 10.3. The number of aromatic nitrogens is 6. The van der Waals surface area contributed by atoms with Crippen LogP contribution in [0.25, 0.3) is 22.5 Å². The Hall–Kier alpha value is -5.95. The average molecular weight is 573 g/mol. The Kier molecular flexibility index (Phi) is 7.41. The van der Waals surface area contributed by atoms with Crippen molar-refractivity contribution < 1.29 is 4.74 Å². The van der Waals surface area contributed by atoms with Crippen LogP contribution in [0, 0.1) is 0 Å². The number of ether oxygens (including phenoxy) is 1. The van der Waals surface area contributed by atoms with Crippen molar-refractivity contribution in [2.24, 2.45) is 0 Å². The Balaban J connectivity index is 1.36. The number of hydrogen-bond donors (Lipinski definition) is 0. The highest BCUT2D eigenvalue weighted by molar-refractivity contribution is 5.81. The topological polar surface area (TPSA) is 78.6 Å². The third-order valence-electron chi connectivity index (χ3n) is 7.70. The Labute approximate surface area is 255 Å². The van der Waals surface area contributed by atoms with Gasteiger partial charge in [-0.05, 0) is 49.9 Å². The highest BCUT2D eigenvalue weighted by Crippen LogP contribution is 2.43. The predicted octanol–water partition coefficient (Wildman–Crippen LogP) is 7.22. The number of nitrogens with zero attached hydrogens (tertiary/aromatic N) is 6. The Morgan fingerprint density at radius 1 is 0.545 bits per heavy atom. The van der Waals surface area contributed by atoms with Gasteiger partial charge in [-0.3, -0.25) is 0 Å². The molecule has 0 aliphatic heterocycles. The molecule has 0 unspecified atom stereocenters. The summed E-state index contributed by atoms with van der Waals surface area (Å²) in [5, 5.41) is 13.7. The molecule has 7 heteroatoms. The molecule has 0 aliphatic carbocycles. The maximum absolute atomic E-state index is 5.75. The van der Waals surface area contributed by atoms with Crippen molar-refractivity contribution >= 4 is 0 Å². The zero-order valence-corrected chi connectivity index (χ0v) is 23.8. The SMILES string of the molecule is c1ccc(C(c2ccccc2)(c2ccccc2)n2nnnc2-c2ccccc2-c2ccc(COc3ncccn3)cc2)cc1. The monoisotopic (exact) mass is 572 g/mol. The van der Waals surface area contributed by atoms with Gasteiger partial charge in [-0.1, -0.05) is 140 Å². The minimum absolute atomic E-state index is 0.354. The maximum atomic E-state index is 5.75. The van der Waals surface area contributed by atoms with Gasteiger partial charge in [0.25, 0.3) is 0 Å². The molecule has 44 heavy (non-hydrogen) atoms. The van der Waals surface area contributed by atoms with Crippen molar-refractivity contribution in [1.29, 1.82) is 0 Å². The van der Waals surface area contributed by atoms with Crippen molar-refractivity contribution in [2.75, 3.05) is 0 Å². The summed E-state index contributed by atoms with van der Waals surface area (Å²) in [5.41, 5.74) is 6.31. The lowest BCUT2D eigenvalue weighted by atomic mass is 9.77. The molecule has 0 radical (unpaired) electrons. The first-order chi connectivity index (χ1) is 21.8. The number of tetrazole rings is 1. The first-order valence-corrected chi connectivity index (χ1v) is 14.4. The number of rotatable bonds is 9. The highest BCUT2D eigenvalue weighted by Gasteiger charge is 2.42. The molecular formula is C37H28N6O. The van der Waals surface area contributed by atoms with Gasteiger partial charge in [0.15, 0.2) is 5.82 Å². The summed E-state index contributed by atoms with van der Waals surface area (Å²) in [6, 6.07) is 49.9. The van der Waals surface area contributed by atoms with Gasteiger partial charge in [-0.2, -0.15) is 0 Å². The quantitative estimate of drug-likeness (QED) is 0.170. The van der Waals surface area contributed by atoms with Gasteiger partial charge < -0.3 is 4.74 Å². The fraction of sp³-hybridized carbons (Fsp3) is 0.0541.